The summed E-state index contributed by atoms with van der Waals surface area (Å²) in [5.41, 5.74) is 0.943. The van der Waals surface area contributed by atoms with Crippen molar-refractivity contribution in [2.24, 2.45) is 0 Å². The molecule has 2 saturated heterocycles. The van der Waals surface area contributed by atoms with Crippen molar-refractivity contribution in [3.05, 3.63) is 109 Å². The number of carbonyl (C=O) groups is 2. The van der Waals surface area contributed by atoms with Crippen molar-refractivity contribution in [3.8, 4) is 23.0 Å². The van der Waals surface area contributed by atoms with Crippen LogP contribution in [0.5, 0.6) is 23.0 Å². The van der Waals surface area contributed by atoms with Crippen molar-refractivity contribution in [2.45, 2.75) is 72.2 Å². The molecule has 24 nitrogen and oxygen atoms in total. The van der Waals surface area contributed by atoms with E-state index in [-0.39, 0.29) is 11.6 Å². The number of hydrogen-bond acceptors (Lipinski definition) is 21. The summed E-state index contributed by atoms with van der Waals surface area (Å²) >= 11 is 2.71. The summed E-state index contributed by atoms with van der Waals surface area (Å²) in [5.74, 6) is 2.94. The Morgan fingerprint density at radius 2 is 1.03 bits per heavy atom. The Hall–Kier alpha value is -7.79. The molecule has 2 fully saturated rings. The quantitative estimate of drug-likeness (QED) is 0.0564. The zero-order valence-corrected chi connectivity index (χ0v) is 51.8. The molecule has 10 rings (SSSR count). The number of nitrogens with one attached hydrogen (secondary N) is 2. The van der Waals surface area contributed by atoms with Crippen LogP contribution in [0.4, 0.5) is 32.6 Å². The predicted octanol–water partition coefficient (Wildman–Crippen LogP) is 9.82. The van der Waals surface area contributed by atoms with Gasteiger partial charge in [0.1, 0.15) is 47.4 Å². The summed E-state index contributed by atoms with van der Waals surface area (Å²) < 4.78 is 66.8. The smallest absolute Gasteiger partial charge is 0.347 e. The maximum atomic E-state index is 15.2. The number of urea groups is 2. The van der Waals surface area contributed by atoms with Gasteiger partial charge < -0.3 is 43.4 Å². The Bertz CT molecular complexity index is 3820. The highest BCUT2D eigenvalue weighted by Gasteiger charge is 2.37. The molecule has 0 spiro atoms. The summed E-state index contributed by atoms with van der Waals surface area (Å²) in [5, 5.41) is 19.5. The Morgan fingerprint density at radius 1 is 0.593 bits per heavy atom. The van der Waals surface area contributed by atoms with Crippen LogP contribution in [-0.2, 0) is 25.6 Å². The lowest BCUT2D eigenvalue weighted by Crippen LogP contribution is -2.54. The molecule has 454 valence electrons. The van der Waals surface area contributed by atoms with E-state index in [0.29, 0.717) is 136 Å². The van der Waals surface area contributed by atoms with Crippen LogP contribution in [0, 0.1) is 0 Å². The van der Waals surface area contributed by atoms with Crippen molar-refractivity contribution in [1.82, 2.24) is 44.4 Å². The molecule has 4 aromatic heterocycles. The largest absolute Gasteiger partial charge is 0.493 e. The van der Waals surface area contributed by atoms with E-state index in [1.165, 1.54) is 46.7 Å². The number of amides is 4. The summed E-state index contributed by atoms with van der Waals surface area (Å²) in [4.78, 5) is 54.7. The van der Waals surface area contributed by atoms with Gasteiger partial charge in [0, 0.05) is 119 Å². The van der Waals surface area contributed by atoms with Crippen LogP contribution in [0.1, 0.15) is 53.1 Å². The van der Waals surface area contributed by atoms with Gasteiger partial charge >= 0.3 is 12.1 Å². The monoisotopic (exact) mass is 1230 g/mol. The number of nitrogens with zero attached hydrogens (tertiary/aromatic N) is 11. The molecule has 0 bridgehead atoms. The zero-order valence-electron chi connectivity index (χ0n) is 49.4. The molecule has 4 aromatic carbocycles. The second kappa shape index (κ2) is 26.4. The van der Waals surface area contributed by atoms with Gasteiger partial charge in [-0.05, 0) is 48.5 Å². The third-order valence-electron chi connectivity index (χ3n) is 14.1. The Balaban J connectivity index is 0.907. The molecule has 0 radical (unpaired) electrons. The molecule has 0 saturated carbocycles. The summed E-state index contributed by atoms with van der Waals surface area (Å²) in [6, 6.07) is 23.4. The van der Waals surface area contributed by atoms with Gasteiger partial charge in [0.2, 0.25) is 21.7 Å². The highest BCUT2D eigenvalue weighted by Crippen LogP contribution is 2.41. The molecular formula is C59H69N13O11S3. The minimum Gasteiger partial charge on any atom is -0.493 e. The molecule has 86 heavy (non-hydrogen) atoms. The standard InChI is InChI=1S/C59H69N13O11S3/c1-58(2,3)50-34-52(66-82-50)71(56(73)64-38-12-10-14-40(28-38)84-54-42-30-48(46(77-7)32-44(42)60-36-62-54)80-26-22-68-16-18-70(19-17-68)86(9,75)76)72(53-35-51(83-67-53)59(4,5)6)57(74)65-39-13-11-15-41(29-39)85-55-43-31-49(47(78-8)33-45(43)61-37-63-55)81-27-23-69-20-24-79-25-21-69/h10-15,28-37H,16-27H2,1-9H3,(H,64,73)(H,65,74). The van der Waals surface area contributed by atoms with Gasteiger partial charge in [-0.25, -0.2) is 37.9 Å². The minimum absolute atomic E-state index is 0.0216. The first kappa shape index (κ1) is 61.3. The van der Waals surface area contributed by atoms with Crippen molar-refractivity contribution in [3.63, 3.8) is 0 Å². The molecular weight excluding hydrogens is 1160 g/mol. The second-order valence-corrected chi connectivity index (χ2v) is 26.5. The number of fused-ring (bicyclic) bond motifs is 2. The fourth-order valence-electron chi connectivity index (χ4n) is 9.35. The van der Waals surface area contributed by atoms with E-state index in [1.807, 2.05) is 71.9 Å². The average Bonchev–Trinajstić information content (AvgIpc) is 1.84. The van der Waals surface area contributed by atoms with E-state index >= 15 is 9.59 Å². The third-order valence-corrected chi connectivity index (χ3v) is 17.4. The molecule has 8 aromatic rings. The van der Waals surface area contributed by atoms with E-state index in [9.17, 15) is 8.42 Å². The zero-order chi connectivity index (χ0) is 60.8. The molecule has 6 heterocycles. The fourth-order valence-corrected chi connectivity index (χ4v) is 12.0. The van der Waals surface area contributed by atoms with Crippen molar-refractivity contribution in [1.29, 1.82) is 0 Å². The number of hydrogen-bond donors (Lipinski definition) is 2. The number of morpholine rings is 1. The first-order chi connectivity index (χ1) is 41.2. The molecule has 0 unspecified atom stereocenters. The summed E-state index contributed by atoms with van der Waals surface area (Å²) in [7, 11) is -0.0968. The molecule has 0 atom stereocenters. The van der Waals surface area contributed by atoms with E-state index < -0.39 is 32.9 Å². The lowest BCUT2D eigenvalue weighted by Gasteiger charge is -2.33. The number of rotatable bonds is 19. The van der Waals surface area contributed by atoms with E-state index in [2.05, 4.69) is 50.7 Å². The lowest BCUT2D eigenvalue weighted by molar-refractivity contribution is 0.0321. The number of piperazine rings is 1. The normalized spacial score (nSPS) is 14.7. The maximum Gasteiger partial charge on any atom is 0.347 e. The topological polar surface area (TPSA) is 258 Å². The number of anilines is 4. The number of sulfonamides is 1. The van der Waals surface area contributed by atoms with Crippen LogP contribution < -0.4 is 39.6 Å². The lowest BCUT2D eigenvalue weighted by atomic mass is 9.93. The second-order valence-electron chi connectivity index (χ2n) is 22.4. The molecule has 27 heteroatoms. The van der Waals surface area contributed by atoms with Crippen LogP contribution in [0.25, 0.3) is 21.8 Å². The Kier molecular flexibility index (Phi) is 18.9. The van der Waals surface area contributed by atoms with Crippen molar-refractivity contribution >= 4 is 90.4 Å². The van der Waals surface area contributed by atoms with Gasteiger partial charge in [0.15, 0.2) is 23.0 Å². The van der Waals surface area contributed by atoms with E-state index in [4.69, 9.17) is 32.7 Å². The highest BCUT2D eigenvalue weighted by atomic mass is 32.2. The van der Waals surface area contributed by atoms with Gasteiger partial charge in [-0.1, -0.05) is 87.5 Å². The molecule has 2 N–H and O–H groups in total. The van der Waals surface area contributed by atoms with E-state index in [0.717, 1.165) is 39.9 Å². The number of hydrazine groups is 1. The van der Waals surface area contributed by atoms with Gasteiger partial charge in [-0.3, -0.25) is 9.80 Å². The average molecular weight is 1230 g/mol. The predicted molar refractivity (Wildman–Crippen MR) is 328 cm³/mol. The molecule has 0 aliphatic carbocycles. The van der Waals surface area contributed by atoms with Gasteiger partial charge in [0.25, 0.3) is 0 Å². The highest BCUT2D eigenvalue weighted by molar-refractivity contribution is 7.99. The van der Waals surface area contributed by atoms with Gasteiger partial charge in [-0.2, -0.15) is 14.3 Å². The van der Waals surface area contributed by atoms with Crippen molar-refractivity contribution < 1.29 is 50.7 Å². The van der Waals surface area contributed by atoms with Crippen molar-refractivity contribution in [2.75, 3.05) is 120 Å². The number of carbonyl (C=O) groups excluding carboxylic acids is 2. The summed E-state index contributed by atoms with van der Waals surface area (Å²) in [6.07, 6.45) is 4.19. The van der Waals surface area contributed by atoms with Gasteiger partial charge in [-0.15, -0.1) is 0 Å². The van der Waals surface area contributed by atoms with Crippen LogP contribution in [0.2, 0.25) is 0 Å². The third kappa shape index (κ3) is 14.9. The number of aromatic nitrogens is 6. The van der Waals surface area contributed by atoms with Crippen LogP contribution >= 0.6 is 23.5 Å². The molecule has 2 aliphatic rings. The van der Waals surface area contributed by atoms with Gasteiger partial charge in [0.05, 0.1) is 44.7 Å². The first-order valence-corrected chi connectivity index (χ1v) is 31.3. The number of ether oxygens (including phenoxy) is 5. The Morgan fingerprint density at radius 3 is 1.44 bits per heavy atom. The molecule has 4 amide bonds. The fraction of sp³-hybridized carbons (Fsp3) is 0.390. The van der Waals surface area contributed by atoms with E-state index in [1.54, 1.807) is 68.8 Å². The SMILES string of the molecule is COc1cc2ncnc(Sc3cccc(NC(=O)N(c4cc(C(C)(C)C)on4)N(C(=O)Nc4cccc(Sc5ncnc6cc(OC)c(OCCN7CCN(S(C)(=O)=O)CC7)cc56)c4)c4cc(C(C)(C)C)on4)c3)c2cc1OCCN1CCOCC1. The number of methoxy groups -OCH3 is 2. The Labute approximate surface area is 507 Å². The maximum absolute atomic E-state index is 15.2. The van der Waals surface area contributed by atoms with Crippen LogP contribution in [0.3, 0.4) is 0 Å². The first-order valence-electron chi connectivity index (χ1n) is 27.8. The van der Waals surface area contributed by atoms with Crippen LogP contribution in [0.15, 0.2) is 126 Å². The number of benzene rings is 4. The minimum atomic E-state index is -3.25. The molecule has 2 aliphatic heterocycles. The summed E-state index contributed by atoms with van der Waals surface area (Å²) in [6.45, 7) is 18.8. The van der Waals surface area contributed by atoms with Crippen LogP contribution in [-0.4, -0.2) is 164 Å².